The Morgan fingerprint density at radius 3 is 2.85 bits per heavy atom. The molecule has 4 aliphatic rings. The van der Waals surface area contributed by atoms with Gasteiger partial charge in [-0.15, -0.1) is 11.3 Å². The summed E-state index contributed by atoms with van der Waals surface area (Å²) in [6.07, 6.45) is 2.37. The molecule has 0 saturated carbocycles. The second-order valence-corrected chi connectivity index (χ2v) is 14.0. The molecule has 8 rings (SSSR count). The van der Waals surface area contributed by atoms with Gasteiger partial charge >= 0.3 is 6.01 Å². The fraction of sp³-hybridized carbons (Fsp3) is 0.438. The molecule has 2 N–H and O–H groups in total. The van der Waals surface area contributed by atoms with E-state index in [0.29, 0.717) is 38.2 Å². The zero-order valence-electron chi connectivity index (χ0n) is 24.5. The summed E-state index contributed by atoms with van der Waals surface area (Å²) >= 11 is 7.89. The predicted molar refractivity (Wildman–Crippen MR) is 168 cm³/mol. The van der Waals surface area contributed by atoms with Crippen molar-refractivity contribution in [2.75, 3.05) is 43.5 Å². The lowest BCUT2D eigenvalue weighted by Gasteiger charge is -2.37. The molecule has 0 radical (unpaired) electrons. The van der Waals surface area contributed by atoms with E-state index in [2.05, 4.69) is 16.0 Å². The van der Waals surface area contributed by atoms with Gasteiger partial charge in [0.1, 0.15) is 47.6 Å². The minimum Gasteiger partial charge on any atom is -0.489 e. The van der Waals surface area contributed by atoms with Crippen LogP contribution < -0.4 is 20.1 Å². The molecule has 9 nitrogen and oxygen atoms in total. The number of nitrogens with zero attached hydrogens (tertiary/aromatic N) is 6. The van der Waals surface area contributed by atoms with Gasteiger partial charge in [-0.25, -0.2) is 13.2 Å². The predicted octanol–water partition coefficient (Wildman–Crippen LogP) is 6.35. The molecule has 0 spiro atoms. The Balaban J connectivity index is 1.35. The Bertz CT molecular complexity index is 2030. The number of hydrogen-bond donors (Lipinski definition) is 1. The standard InChI is InChI=1S/C32H27ClF3N7O2S/c33-24-22(18-4-5-20(35)28-21(18)19(10-38)29(39)46-28)25(36)26-23-27(24)44-13-17-3-2-15(9-37)11-43(17)30(23)41-31(40-26)45-14-32-6-1-7-42(32)12-16(34)8-32/h4-5,15-17H,1-3,6-8,11-14,39H2/t15?,16-,17?,32+/m1/s1. The summed E-state index contributed by atoms with van der Waals surface area (Å²) < 4.78 is 59.1. The summed E-state index contributed by atoms with van der Waals surface area (Å²) in [4.78, 5) is 13.4. The molecule has 3 fully saturated rings. The summed E-state index contributed by atoms with van der Waals surface area (Å²) in [5.74, 6) is -1.23. The van der Waals surface area contributed by atoms with Crippen LogP contribution in [0.4, 0.5) is 24.0 Å². The second-order valence-electron chi connectivity index (χ2n) is 12.5. The molecule has 4 aromatic rings. The first-order chi connectivity index (χ1) is 22.2. The minimum atomic E-state index is -0.957. The molecule has 6 heterocycles. The van der Waals surface area contributed by atoms with Gasteiger partial charge in [0, 0.05) is 30.5 Å². The molecule has 0 amide bonds. The van der Waals surface area contributed by atoms with E-state index in [9.17, 15) is 19.3 Å². The zero-order valence-corrected chi connectivity index (χ0v) is 26.0. The van der Waals surface area contributed by atoms with Gasteiger partial charge < -0.3 is 20.1 Å². The van der Waals surface area contributed by atoms with Crippen LogP contribution >= 0.6 is 22.9 Å². The topological polar surface area (TPSA) is 124 Å². The summed E-state index contributed by atoms with van der Waals surface area (Å²) in [5, 5.41) is 20.1. The van der Waals surface area contributed by atoms with Crippen LogP contribution in [-0.2, 0) is 0 Å². The minimum absolute atomic E-state index is 0.0204. The van der Waals surface area contributed by atoms with Gasteiger partial charge in [-0.1, -0.05) is 17.7 Å². The van der Waals surface area contributed by atoms with E-state index in [-0.39, 0.29) is 84.6 Å². The van der Waals surface area contributed by atoms with Crippen molar-refractivity contribution in [3.63, 3.8) is 0 Å². The van der Waals surface area contributed by atoms with Crippen LogP contribution in [0.2, 0.25) is 5.02 Å². The number of thiophene rings is 1. The van der Waals surface area contributed by atoms with E-state index >= 15 is 4.39 Å². The number of halogens is 4. The van der Waals surface area contributed by atoms with E-state index in [4.69, 9.17) is 31.8 Å². The van der Waals surface area contributed by atoms with Crippen molar-refractivity contribution >= 4 is 54.7 Å². The monoisotopic (exact) mass is 665 g/mol. The summed E-state index contributed by atoms with van der Waals surface area (Å²) in [5.41, 5.74) is 5.52. The average Bonchev–Trinajstić information content (AvgIpc) is 3.66. The summed E-state index contributed by atoms with van der Waals surface area (Å²) in [6.45, 7) is 1.79. The van der Waals surface area contributed by atoms with Crippen LogP contribution in [0.25, 0.3) is 32.1 Å². The molecule has 0 aliphatic carbocycles. The van der Waals surface area contributed by atoms with Gasteiger partial charge in [0.15, 0.2) is 11.6 Å². The SMILES string of the molecule is N#Cc1c(N)sc2c(F)ccc(-c3c(Cl)c4c5c(nc(OC[C@@]67CCCN6C[C@H](F)C7)nc5c3F)N3CC(C#N)CCC3CO4)c12. The fourth-order valence-corrected chi connectivity index (χ4v) is 9.06. The quantitative estimate of drug-likeness (QED) is 0.265. The number of nitrogen functional groups attached to an aromatic ring is 1. The Morgan fingerprint density at radius 2 is 2.04 bits per heavy atom. The highest BCUT2D eigenvalue weighted by Crippen LogP contribution is 2.52. The molecule has 4 atom stereocenters. The van der Waals surface area contributed by atoms with Crippen molar-refractivity contribution in [2.24, 2.45) is 5.92 Å². The molecule has 0 bridgehead atoms. The fourth-order valence-electron chi connectivity index (χ4n) is 7.78. The maximum Gasteiger partial charge on any atom is 0.319 e. The number of hydrogen-bond acceptors (Lipinski definition) is 10. The lowest BCUT2D eigenvalue weighted by atomic mass is 9.93. The Kier molecular flexibility index (Phi) is 6.87. The van der Waals surface area contributed by atoms with Crippen LogP contribution in [0, 0.1) is 40.2 Å². The van der Waals surface area contributed by atoms with E-state index < -0.39 is 23.3 Å². The third-order valence-electron chi connectivity index (χ3n) is 9.95. The van der Waals surface area contributed by atoms with Crippen molar-refractivity contribution < 1.29 is 22.6 Å². The number of nitriles is 2. The summed E-state index contributed by atoms with van der Waals surface area (Å²) in [7, 11) is 0. The molecular weight excluding hydrogens is 639 g/mol. The van der Waals surface area contributed by atoms with Gasteiger partial charge in [0.25, 0.3) is 0 Å². The van der Waals surface area contributed by atoms with Crippen LogP contribution in [0.15, 0.2) is 12.1 Å². The molecule has 2 unspecified atom stereocenters. The van der Waals surface area contributed by atoms with Crippen LogP contribution in [0.1, 0.15) is 37.7 Å². The second kappa shape index (κ2) is 10.8. The molecular formula is C32H27ClF3N7O2S. The highest BCUT2D eigenvalue weighted by Gasteiger charge is 2.49. The third kappa shape index (κ3) is 4.29. The summed E-state index contributed by atoms with van der Waals surface area (Å²) in [6, 6.07) is 6.64. The lowest BCUT2D eigenvalue weighted by Crippen LogP contribution is -2.46. The van der Waals surface area contributed by atoms with E-state index in [1.165, 1.54) is 12.1 Å². The maximum atomic E-state index is 17.1. The maximum absolute atomic E-state index is 17.1. The Labute approximate surface area is 270 Å². The van der Waals surface area contributed by atoms with E-state index in [0.717, 1.165) is 30.7 Å². The number of nitrogens with two attached hydrogens (primary N) is 1. The number of benzene rings is 2. The largest absolute Gasteiger partial charge is 0.489 e. The van der Waals surface area contributed by atoms with Crippen LogP contribution in [-0.4, -0.2) is 65.5 Å². The number of fused-ring (bicyclic) bond motifs is 4. The smallest absolute Gasteiger partial charge is 0.319 e. The molecule has 236 valence electrons. The first-order valence-corrected chi connectivity index (χ1v) is 16.4. The van der Waals surface area contributed by atoms with Crippen molar-refractivity contribution in [1.82, 2.24) is 14.9 Å². The number of rotatable bonds is 4. The van der Waals surface area contributed by atoms with Crippen molar-refractivity contribution in [3.05, 3.63) is 34.4 Å². The Hall–Kier alpha value is -4.04. The van der Waals surface area contributed by atoms with Gasteiger partial charge in [-0.2, -0.15) is 20.5 Å². The first kappa shape index (κ1) is 29.4. The third-order valence-corrected chi connectivity index (χ3v) is 11.3. The molecule has 14 heteroatoms. The van der Waals surface area contributed by atoms with Crippen LogP contribution in [0.5, 0.6) is 11.8 Å². The lowest BCUT2D eigenvalue weighted by molar-refractivity contribution is 0.107. The molecule has 46 heavy (non-hydrogen) atoms. The van der Waals surface area contributed by atoms with Gasteiger partial charge in [0.2, 0.25) is 0 Å². The number of ether oxygens (including phenoxy) is 2. The average molecular weight is 666 g/mol. The number of anilines is 2. The number of alkyl halides is 1. The van der Waals surface area contributed by atoms with Crippen LogP contribution in [0.3, 0.4) is 0 Å². The Morgan fingerprint density at radius 1 is 1.20 bits per heavy atom. The van der Waals surface area contributed by atoms with Gasteiger partial charge in [-0.3, -0.25) is 4.90 Å². The van der Waals surface area contributed by atoms with Gasteiger partial charge in [-0.05, 0) is 43.9 Å². The number of piperidine rings is 1. The zero-order chi connectivity index (χ0) is 31.9. The van der Waals surface area contributed by atoms with Crippen molar-refractivity contribution in [2.45, 2.75) is 49.9 Å². The van der Waals surface area contributed by atoms with Crippen molar-refractivity contribution in [3.8, 4) is 35.0 Å². The highest BCUT2D eigenvalue weighted by molar-refractivity contribution is 7.23. The highest BCUT2D eigenvalue weighted by atomic mass is 35.5. The molecule has 2 aromatic heterocycles. The van der Waals surface area contributed by atoms with E-state index in [1.54, 1.807) is 0 Å². The molecule has 3 saturated heterocycles. The first-order valence-electron chi connectivity index (χ1n) is 15.2. The van der Waals surface area contributed by atoms with Crippen molar-refractivity contribution in [1.29, 1.82) is 10.5 Å². The normalized spacial score (nSPS) is 25.5. The number of aromatic nitrogens is 2. The van der Waals surface area contributed by atoms with E-state index in [1.807, 2.05) is 11.0 Å². The molecule has 4 aliphatic heterocycles. The molecule has 2 aromatic carbocycles. The van der Waals surface area contributed by atoms with Gasteiger partial charge in [0.05, 0.1) is 44.2 Å².